The SMILES string of the molecule is CC(c1ncnn1-c1ccc(C#N)cn1)N(CC[Si](C)(C)C)C(=O)c1cc(Cl)cc(C(F)(F)F)c1. The predicted octanol–water partition coefficient (Wildman–Crippen LogP) is 5.75. The molecule has 35 heavy (non-hydrogen) atoms. The Bertz CT molecular complexity index is 1250. The van der Waals surface area contributed by atoms with Gasteiger partial charge in [-0.1, -0.05) is 31.2 Å². The van der Waals surface area contributed by atoms with Gasteiger partial charge in [-0.15, -0.1) is 0 Å². The summed E-state index contributed by atoms with van der Waals surface area (Å²) in [4.78, 5) is 23.6. The molecule has 1 atom stereocenters. The molecule has 2 aromatic heterocycles. The molecule has 0 aliphatic rings. The van der Waals surface area contributed by atoms with E-state index in [1.54, 1.807) is 19.1 Å². The molecule has 0 aliphatic heterocycles. The van der Waals surface area contributed by atoms with Gasteiger partial charge in [0.1, 0.15) is 12.4 Å². The molecule has 0 bridgehead atoms. The van der Waals surface area contributed by atoms with E-state index >= 15 is 0 Å². The van der Waals surface area contributed by atoms with Crippen LogP contribution in [0.3, 0.4) is 0 Å². The predicted molar refractivity (Wildman–Crippen MR) is 128 cm³/mol. The van der Waals surface area contributed by atoms with Crippen LogP contribution in [-0.4, -0.2) is 45.2 Å². The Morgan fingerprint density at radius 3 is 2.51 bits per heavy atom. The van der Waals surface area contributed by atoms with E-state index < -0.39 is 31.8 Å². The van der Waals surface area contributed by atoms with Gasteiger partial charge in [0.25, 0.3) is 5.91 Å². The van der Waals surface area contributed by atoms with Gasteiger partial charge in [-0.25, -0.2) is 9.97 Å². The number of rotatable bonds is 7. The Labute approximate surface area is 207 Å². The fourth-order valence-corrected chi connectivity index (χ4v) is 4.55. The van der Waals surface area contributed by atoms with E-state index in [1.807, 2.05) is 6.07 Å². The second-order valence-corrected chi connectivity index (χ2v) is 15.3. The minimum atomic E-state index is -4.64. The van der Waals surface area contributed by atoms with Gasteiger partial charge in [0.2, 0.25) is 0 Å². The number of hydrogen-bond acceptors (Lipinski definition) is 5. The summed E-state index contributed by atoms with van der Waals surface area (Å²) in [6.45, 7) is 8.48. The lowest BCUT2D eigenvalue weighted by molar-refractivity contribution is -0.137. The number of aromatic nitrogens is 4. The van der Waals surface area contributed by atoms with Crippen molar-refractivity contribution < 1.29 is 18.0 Å². The van der Waals surface area contributed by atoms with Crippen molar-refractivity contribution in [3.63, 3.8) is 0 Å². The van der Waals surface area contributed by atoms with Crippen molar-refractivity contribution in [3.05, 3.63) is 70.4 Å². The first-order chi connectivity index (χ1) is 16.3. The third kappa shape index (κ3) is 6.46. The summed E-state index contributed by atoms with van der Waals surface area (Å²) in [5.41, 5.74) is -0.775. The minimum Gasteiger partial charge on any atom is -0.329 e. The number of benzene rings is 1. The van der Waals surface area contributed by atoms with Crippen LogP contribution in [0.1, 0.15) is 40.3 Å². The lowest BCUT2D eigenvalue weighted by Gasteiger charge is -2.31. The number of halogens is 4. The molecule has 1 aromatic carbocycles. The van der Waals surface area contributed by atoms with Crippen molar-refractivity contribution in [2.24, 2.45) is 0 Å². The second-order valence-electron chi connectivity index (χ2n) is 9.26. The highest BCUT2D eigenvalue weighted by Crippen LogP contribution is 2.33. The van der Waals surface area contributed by atoms with Gasteiger partial charge >= 0.3 is 6.18 Å². The molecule has 0 saturated carbocycles. The molecule has 0 N–H and O–H groups in total. The van der Waals surface area contributed by atoms with Crippen LogP contribution < -0.4 is 0 Å². The molecular weight excluding hydrogens is 497 g/mol. The van der Waals surface area contributed by atoms with Crippen molar-refractivity contribution in [3.8, 4) is 11.9 Å². The van der Waals surface area contributed by atoms with Gasteiger partial charge in [0.05, 0.1) is 17.2 Å². The molecule has 3 aromatic rings. The van der Waals surface area contributed by atoms with Crippen LogP contribution in [0.2, 0.25) is 30.7 Å². The number of nitriles is 1. The maximum absolute atomic E-state index is 13.6. The zero-order valence-electron chi connectivity index (χ0n) is 19.6. The van der Waals surface area contributed by atoms with Crippen LogP contribution in [0.5, 0.6) is 0 Å². The first kappa shape index (κ1) is 26.4. The molecule has 0 aliphatic carbocycles. The fourth-order valence-electron chi connectivity index (χ4n) is 3.40. The Morgan fingerprint density at radius 2 is 1.94 bits per heavy atom. The van der Waals surface area contributed by atoms with Crippen LogP contribution in [0.15, 0.2) is 42.9 Å². The summed E-state index contributed by atoms with van der Waals surface area (Å²) >= 11 is 5.94. The van der Waals surface area contributed by atoms with Crippen LogP contribution in [0.4, 0.5) is 13.2 Å². The number of carbonyl (C=O) groups is 1. The number of pyridine rings is 1. The highest BCUT2D eigenvalue weighted by Gasteiger charge is 2.34. The molecule has 184 valence electrons. The summed E-state index contributed by atoms with van der Waals surface area (Å²) in [5.74, 6) is 0.179. The van der Waals surface area contributed by atoms with Crippen LogP contribution >= 0.6 is 11.6 Å². The second kappa shape index (κ2) is 10.2. The van der Waals surface area contributed by atoms with Gasteiger partial charge in [-0.05, 0) is 43.3 Å². The molecule has 0 saturated heterocycles. The summed E-state index contributed by atoms with van der Waals surface area (Å²) < 4.78 is 41.5. The topological polar surface area (TPSA) is 87.7 Å². The summed E-state index contributed by atoms with van der Waals surface area (Å²) in [5, 5.41) is 13.0. The highest BCUT2D eigenvalue weighted by molar-refractivity contribution is 6.76. The molecular formula is C23H24ClF3N6OSi. The average Bonchev–Trinajstić information content (AvgIpc) is 3.27. The maximum atomic E-state index is 13.6. The zero-order valence-corrected chi connectivity index (χ0v) is 21.4. The molecule has 0 fully saturated rings. The smallest absolute Gasteiger partial charge is 0.329 e. The molecule has 0 spiro atoms. The summed E-state index contributed by atoms with van der Waals surface area (Å²) in [7, 11) is -1.62. The quantitative estimate of drug-likeness (QED) is 0.370. The van der Waals surface area contributed by atoms with Crippen molar-refractivity contribution in [2.45, 2.75) is 44.8 Å². The normalized spacial score (nSPS) is 12.8. The number of amides is 1. The molecule has 1 amide bonds. The highest BCUT2D eigenvalue weighted by atomic mass is 35.5. The van der Waals surface area contributed by atoms with E-state index in [0.717, 1.165) is 18.2 Å². The minimum absolute atomic E-state index is 0.158. The van der Waals surface area contributed by atoms with E-state index in [2.05, 4.69) is 34.7 Å². The standard InChI is InChI=1S/C23H24ClF3N6OSi/c1-15(21-30-14-31-33(21)20-6-5-16(12-28)13-29-20)32(7-8-35(2,3)4)22(34)17-9-18(23(25,26)27)11-19(24)10-17/h5-6,9-11,13-15H,7-8H2,1-4H3. The number of alkyl halides is 3. The lowest BCUT2D eigenvalue weighted by atomic mass is 10.1. The first-order valence-electron chi connectivity index (χ1n) is 10.8. The van der Waals surface area contributed by atoms with Gasteiger partial charge < -0.3 is 4.90 Å². The van der Waals surface area contributed by atoms with Gasteiger partial charge in [-0.3, -0.25) is 4.79 Å². The Morgan fingerprint density at radius 1 is 1.23 bits per heavy atom. The van der Waals surface area contributed by atoms with E-state index in [9.17, 15) is 18.0 Å². The number of nitrogens with zero attached hydrogens (tertiary/aromatic N) is 6. The van der Waals surface area contributed by atoms with E-state index in [4.69, 9.17) is 16.9 Å². The van der Waals surface area contributed by atoms with Crippen LogP contribution in [0, 0.1) is 11.3 Å². The number of carbonyl (C=O) groups excluding carboxylic acids is 1. The van der Waals surface area contributed by atoms with Crippen molar-refractivity contribution in [2.75, 3.05) is 6.54 Å². The van der Waals surface area contributed by atoms with Gasteiger partial charge in [0, 0.05) is 31.4 Å². The third-order valence-electron chi connectivity index (χ3n) is 5.34. The third-order valence-corrected chi connectivity index (χ3v) is 7.29. The van der Waals surface area contributed by atoms with E-state index in [0.29, 0.717) is 23.8 Å². The zero-order chi connectivity index (χ0) is 26.0. The Kier molecular flexibility index (Phi) is 7.67. The number of hydrogen-bond donors (Lipinski definition) is 0. The van der Waals surface area contributed by atoms with Crippen molar-refractivity contribution in [1.82, 2.24) is 24.6 Å². The van der Waals surface area contributed by atoms with Crippen LogP contribution in [-0.2, 0) is 6.18 Å². The molecule has 3 rings (SSSR count). The monoisotopic (exact) mass is 520 g/mol. The molecule has 1 unspecified atom stereocenters. The molecule has 12 heteroatoms. The van der Waals surface area contributed by atoms with Crippen molar-refractivity contribution >= 4 is 25.6 Å². The molecule has 7 nitrogen and oxygen atoms in total. The maximum Gasteiger partial charge on any atom is 0.416 e. The largest absolute Gasteiger partial charge is 0.416 e. The van der Waals surface area contributed by atoms with Gasteiger partial charge in [-0.2, -0.15) is 28.2 Å². The van der Waals surface area contributed by atoms with Crippen molar-refractivity contribution in [1.29, 1.82) is 5.26 Å². The first-order valence-corrected chi connectivity index (χ1v) is 14.8. The van der Waals surface area contributed by atoms with E-state index in [-0.39, 0.29) is 10.6 Å². The average molecular weight is 521 g/mol. The Balaban J connectivity index is 2.03. The molecule has 0 radical (unpaired) electrons. The molecule has 2 heterocycles. The summed E-state index contributed by atoms with van der Waals surface area (Å²) in [6.07, 6.45) is -1.94. The Hall–Kier alpha value is -3.23. The summed E-state index contributed by atoms with van der Waals surface area (Å²) in [6, 6.07) is 8.09. The van der Waals surface area contributed by atoms with Crippen LogP contribution in [0.25, 0.3) is 5.82 Å². The lowest BCUT2D eigenvalue weighted by Crippen LogP contribution is -2.38. The van der Waals surface area contributed by atoms with Gasteiger partial charge in [0.15, 0.2) is 11.6 Å². The van der Waals surface area contributed by atoms with E-state index in [1.165, 1.54) is 28.2 Å². The fraction of sp³-hybridized carbons (Fsp3) is 0.348.